The Bertz CT molecular complexity index is 818. The van der Waals surface area contributed by atoms with Crippen LogP contribution in [0.25, 0.3) is 0 Å². The molecule has 0 spiro atoms. The first-order valence-electron chi connectivity index (χ1n) is 7.33. The number of hydrogen-bond acceptors (Lipinski definition) is 4. The van der Waals surface area contributed by atoms with Crippen LogP contribution >= 0.6 is 27.3 Å². The van der Waals surface area contributed by atoms with E-state index in [2.05, 4.69) is 26.0 Å². The van der Waals surface area contributed by atoms with Crippen molar-refractivity contribution < 1.29 is 13.2 Å². The highest BCUT2D eigenvalue weighted by molar-refractivity contribution is 9.10. The molecule has 8 heteroatoms. The standard InChI is InChI=1S/C16H19BrN2O3S2/c1-10(2)15(19-24(21,22)14-5-4-8-23-14)16(20)18-13-7-6-12(17)9-11(13)3/h4-10,15,19H,1-3H3,(H,18,20)/t15-/m1/s1. The number of rotatable bonds is 6. The molecule has 5 nitrogen and oxygen atoms in total. The first-order chi connectivity index (χ1) is 11.2. The van der Waals surface area contributed by atoms with Crippen LogP contribution in [0.5, 0.6) is 0 Å². The van der Waals surface area contributed by atoms with Crippen molar-refractivity contribution in [1.29, 1.82) is 0 Å². The predicted octanol–water partition coefficient (Wildman–Crippen LogP) is 3.76. The van der Waals surface area contributed by atoms with Gasteiger partial charge in [0, 0.05) is 10.2 Å². The van der Waals surface area contributed by atoms with E-state index in [4.69, 9.17) is 0 Å². The van der Waals surface area contributed by atoms with Crippen LogP contribution in [-0.4, -0.2) is 20.4 Å². The third kappa shape index (κ3) is 4.66. The zero-order chi connectivity index (χ0) is 17.9. The van der Waals surface area contributed by atoms with Gasteiger partial charge >= 0.3 is 0 Å². The van der Waals surface area contributed by atoms with Crippen molar-refractivity contribution in [3.05, 3.63) is 45.7 Å². The van der Waals surface area contributed by atoms with Crippen molar-refractivity contribution in [1.82, 2.24) is 4.72 Å². The molecule has 0 aliphatic heterocycles. The molecule has 130 valence electrons. The smallest absolute Gasteiger partial charge is 0.250 e. The summed E-state index contributed by atoms with van der Waals surface area (Å²) in [6.07, 6.45) is 0. The van der Waals surface area contributed by atoms with E-state index in [0.717, 1.165) is 21.4 Å². The number of hydrogen-bond donors (Lipinski definition) is 2. The third-order valence-corrected chi connectivity index (χ3v) is 6.77. The molecule has 1 aromatic carbocycles. The van der Waals surface area contributed by atoms with E-state index >= 15 is 0 Å². The maximum atomic E-state index is 12.6. The number of nitrogens with one attached hydrogen (secondary N) is 2. The monoisotopic (exact) mass is 430 g/mol. The fourth-order valence-electron chi connectivity index (χ4n) is 2.11. The summed E-state index contributed by atoms with van der Waals surface area (Å²) in [6, 6.07) is 7.80. The highest BCUT2D eigenvalue weighted by Gasteiger charge is 2.29. The van der Waals surface area contributed by atoms with Gasteiger partial charge in [-0.15, -0.1) is 11.3 Å². The summed E-state index contributed by atoms with van der Waals surface area (Å²) in [4.78, 5) is 12.6. The van der Waals surface area contributed by atoms with Gasteiger partial charge in [-0.2, -0.15) is 4.72 Å². The van der Waals surface area contributed by atoms with Crippen LogP contribution in [0.2, 0.25) is 0 Å². The lowest BCUT2D eigenvalue weighted by Crippen LogP contribution is -2.46. The van der Waals surface area contributed by atoms with E-state index in [-0.39, 0.29) is 16.0 Å². The highest BCUT2D eigenvalue weighted by Crippen LogP contribution is 2.22. The SMILES string of the molecule is Cc1cc(Br)ccc1NC(=O)[C@H](NS(=O)(=O)c1cccs1)C(C)C. The molecule has 24 heavy (non-hydrogen) atoms. The topological polar surface area (TPSA) is 75.3 Å². The van der Waals surface area contributed by atoms with Crippen LogP contribution in [0.1, 0.15) is 19.4 Å². The molecule has 0 radical (unpaired) electrons. The molecule has 2 N–H and O–H groups in total. The lowest BCUT2D eigenvalue weighted by Gasteiger charge is -2.21. The molecule has 2 rings (SSSR count). The average molecular weight is 431 g/mol. The Labute approximate surface area is 154 Å². The van der Waals surface area contributed by atoms with Gasteiger partial charge in [0.05, 0.1) is 0 Å². The predicted molar refractivity (Wildman–Crippen MR) is 101 cm³/mol. The second-order valence-electron chi connectivity index (χ2n) is 5.72. The molecule has 1 atom stereocenters. The molecule has 1 aromatic heterocycles. The van der Waals surface area contributed by atoms with E-state index in [1.807, 2.05) is 19.1 Å². The second-order valence-corrected chi connectivity index (χ2v) is 9.53. The van der Waals surface area contributed by atoms with Crippen LogP contribution in [0.3, 0.4) is 0 Å². The third-order valence-electron chi connectivity index (χ3n) is 3.44. The number of amides is 1. The summed E-state index contributed by atoms with van der Waals surface area (Å²) >= 11 is 4.49. The molecule has 0 bridgehead atoms. The quantitative estimate of drug-likeness (QED) is 0.732. The summed E-state index contributed by atoms with van der Waals surface area (Å²) in [5, 5.41) is 4.49. The number of thiophene rings is 1. The summed E-state index contributed by atoms with van der Waals surface area (Å²) in [7, 11) is -3.72. The first kappa shape index (κ1) is 19.1. The molecule has 1 amide bonds. The minimum absolute atomic E-state index is 0.195. The van der Waals surface area contributed by atoms with Crippen LogP contribution in [-0.2, 0) is 14.8 Å². The van der Waals surface area contributed by atoms with Crippen molar-refractivity contribution in [2.75, 3.05) is 5.32 Å². The van der Waals surface area contributed by atoms with E-state index in [1.54, 1.807) is 31.4 Å². The minimum Gasteiger partial charge on any atom is -0.324 e. The molecule has 0 fully saturated rings. The normalized spacial score (nSPS) is 13.0. The first-order valence-corrected chi connectivity index (χ1v) is 10.5. The van der Waals surface area contributed by atoms with E-state index in [1.165, 1.54) is 6.07 Å². The summed E-state index contributed by atoms with van der Waals surface area (Å²) in [5.74, 6) is -0.578. The van der Waals surface area contributed by atoms with Gasteiger partial charge in [-0.3, -0.25) is 4.79 Å². The Balaban J connectivity index is 2.19. The fourth-order valence-corrected chi connectivity index (χ4v) is 4.94. The number of benzene rings is 1. The van der Waals surface area contributed by atoms with Gasteiger partial charge in [0.25, 0.3) is 10.0 Å². The second kappa shape index (κ2) is 7.77. The number of carbonyl (C=O) groups is 1. The summed E-state index contributed by atoms with van der Waals surface area (Å²) in [5.41, 5.74) is 1.55. The Morgan fingerprint density at radius 1 is 1.25 bits per heavy atom. The van der Waals surface area contributed by atoms with Gasteiger partial charge in [-0.25, -0.2) is 8.42 Å². The molecular weight excluding hydrogens is 412 g/mol. The van der Waals surface area contributed by atoms with Crippen LogP contribution in [0.15, 0.2) is 44.4 Å². The molecule has 0 saturated heterocycles. The molecule has 0 aliphatic rings. The van der Waals surface area contributed by atoms with Crippen molar-refractivity contribution >= 4 is 48.9 Å². The average Bonchev–Trinajstić information content (AvgIpc) is 3.02. The van der Waals surface area contributed by atoms with Crippen molar-refractivity contribution in [3.63, 3.8) is 0 Å². The maximum absolute atomic E-state index is 12.6. The molecule has 0 unspecified atom stereocenters. The van der Waals surface area contributed by atoms with Gasteiger partial charge in [0.2, 0.25) is 5.91 Å². The molecular formula is C16H19BrN2O3S2. The van der Waals surface area contributed by atoms with Crippen molar-refractivity contribution in [3.8, 4) is 0 Å². The number of anilines is 1. The molecule has 0 saturated carbocycles. The van der Waals surface area contributed by atoms with Crippen LogP contribution in [0.4, 0.5) is 5.69 Å². The van der Waals surface area contributed by atoms with Crippen molar-refractivity contribution in [2.24, 2.45) is 5.92 Å². The summed E-state index contributed by atoms with van der Waals surface area (Å²) < 4.78 is 28.4. The number of aryl methyl sites for hydroxylation is 1. The number of carbonyl (C=O) groups excluding carboxylic acids is 1. The zero-order valence-corrected chi connectivity index (χ0v) is 16.8. The Morgan fingerprint density at radius 2 is 1.96 bits per heavy atom. The molecule has 1 heterocycles. The minimum atomic E-state index is -3.72. The zero-order valence-electron chi connectivity index (χ0n) is 13.5. The highest BCUT2D eigenvalue weighted by atomic mass is 79.9. The van der Waals surface area contributed by atoms with Crippen LogP contribution < -0.4 is 10.0 Å². The Kier molecular flexibility index (Phi) is 6.19. The van der Waals surface area contributed by atoms with Gasteiger partial charge in [0.1, 0.15) is 10.3 Å². The van der Waals surface area contributed by atoms with E-state index < -0.39 is 16.1 Å². The number of sulfonamides is 1. The van der Waals surface area contributed by atoms with Gasteiger partial charge in [-0.1, -0.05) is 35.8 Å². The lowest BCUT2D eigenvalue weighted by atomic mass is 10.0. The lowest BCUT2D eigenvalue weighted by molar-refractivity contribution is -0.118. The Hall–Kier alpha value is -1.22. The van der Waals surface area contributed by atoms with Gasteiger partial charge in [-0.05, 0) is 48.1 Å². The van der Waals surface area contributed by atoms with E-state index in [9.17, 15) is 13.2 Å². The molecule has 2 aromatic rings. The maximum Gasteiger partial charge on any atom is 0.250 e. The summed E-state index contributed by atoms with van der Waals surface area (Å²) in [6.45, 7) is 5.48. The van der Waals surface area contributed by atoms with E-state index in [0.29, 0.717) is 5.69 Å². The number of halogens is 1. The van der Waals surface area contributed by atoms with Gasteiger partial charge in [0.15, 0.2) is 0 Å². The largest absolute Gasteiger partial charge is 0.324 e. The van der Waals surface area contributed by atoms with Gasteiger partial charge < -0.3 is 5.32 Å². The van der Waals surface area contributed by atoms with Crippen molar-refractivity contribution in [2.45, 2.75) is 31.0 Å². The molecule has 0 aliphatic carbocycles. The van der Waals surface area contributed by atoms with Crippen LogP contribution in [0, 0.1) is 12.8 Å². The fraction of sp³-hybridized carbons (Fsp3) is 0.312. The Morgan fingerprint density at radius 3 is 2.50 bits per heavy atom.